The lowest BCUT2D eigenvalue weighted by Crippen LogP contribution is -2.37. The lowest BCUT2D eigenvalue weighted by molar-refractivity contribution is -0.137. The average Bonchev–Trinajstić information content (AvgIpc) is 3.05. The van der Waals surface area contributed by atoms with Crippen molar-refractivity contribution in [2.75, 3.05) is 20.2 Å². The van der Waals surface area contributed by atoms with Gasteiger partial charge in [0.25, 0.3) is 0 Å². The number of methoxy groups -OCH3 is 1. The topological polar surface area (TPSA) is 101 Å². The Hall–Kier alpha value is -2.23. The normalized spacial score (nSPS) is 11.4. The van der Waals surface area contributed by atoms with Gasteiger partial charge in [-0.2, -0.15) is 4.31 Å². The number of carbonyl (C=O) groups excluding carboxylic acids is 1. The number of carbonyl (C=O) groups is 2. The maximum atomic E-state index is 12.7. The van der Waals surface area contributed by atoms with Crippen LogP contribution in [0.1, 0.15) is 15.2 Å². The third kappa shape index (κ3) is 4.65. The number of nitrogens with zero attached hydrogens (tertiary/aromatic N) is 1. The predicted molar refractivity (Wildman–Crippen MR) is 92.8 cm³/mol. The number of sulfonamides is 1. The van der Waals surface area contributed by atoms with Crippen molar-refractivity contribution in [1.29, 1.82) is 0 Å². The first-order valence-corrected chi connectivity index (χ1v) is 9.58. The van der Waals surface area contributed by atoms with Crippen molar-refractivity contribution in [3.63, 3.8) is 0 Å². The summed E-state index contributed by atoms with van der Waals surface area (Å²) in [5.41, 5.74) is 0.488. The molecule has 0 aliphatic rings. The van der Waals surface area contributed by atoms with Gasteiger partial charge in [-0.15, -0.1) is 11.3 Å². The van der Waals surface area contributed by atoms with Gasteiger partial charge in [0.1, 0.15) is 12.3 Å². The Kier molecular flexibility index (Phi) is 6.29. The van der Waals surface area contributed by atoms with Crippen LogP contribution in [0.5, 0.6) is 5.75 Å². The molecule has 0 atom stereocenters. The Bertz CT molecular complexity index is 842. The van der Waals surface area contributed by atoms with Gasteiger partial charge in [-0.3, -0.25) is 9.59 Å². The summed E-state index contributed by atoms with van der Waals surface area (Å²) >= 11 is 1.33. The number of ether oxygens (including phenoxy) is 1. The van der Waals surface area contributed by atoms with E-state index in [9.17, 15) is 18.0 Å². The molecule has 1 aromatic carbocycles. The summed E-state index contributed by atoms with van der Waals surface area (Å²) in [6.45, 7) is -0.696. The number of thiophene rings is 1. The number of hydrogen-bond donors (Lipinski definition) is 1. The summed E-state index contributed by atoms with van der Waals surface area (Å²) in [4.78, 5) is 22.8. The minimum absolute atomic E-state index is 0.0173. The molecule has 0 spiro atoms. The van der Waals surface area contributed by atoms with Crippen LogP contribution in [0.15, 0.2) is 40.6 Å². The maximum absolute atomic E-state index is 12.7. The number of benzene rings is 1. The monoisotopic (exact) mass is 383 g/mol. The van der Waals surface area contributed by atoms with Gasteiger partial charge in [-0.1, -0.05) is 0 Å². The zero-order valence-corrected chi connectivity index (χ0v) is 15.0. The van der Waals surface area contributed by atoms with Gasteiger partial charge in [0.05, 0.1) is 12.0 Å². The second kappa shape index (κ2) is 8.24. The fourth-order valence-corrected chi connectivity index (χ4v) is 4.45. The van der Waals surface area contributed by atoms with Crippen molar-refractivity contribution in [2.45, 2.75) is 11.3 Å². The Morgan fingerprint density at radius 1 is 1.28 bits per heavy atom. The van der Waals surface area contributed by atoms with Crippen molar-refractivity contribution in [2.24, 2.45) is 0 Å². The summed E-state index contributed by atoms with van der Waals surface area (Å²) in [7, 11) is -2.52. The van der Waals surface area contributed by atoms with E-state index >= 15 is 0 Å². The van der Waals surface area contributed by atoms with E-state index in [-0.39, 0.29) is 17.9 Å². The lowest BCUT2D eigenvalue weighted by atomic mass is 10.2. The van der Waals surface area contributed by atoms with Crippen molar-refractivity contribution in [1.82, 2.24) is 4.31 Å². The largest absolute Gasteiger partial charge is 0.497 e. The lowest BCUT2D eigenvalue weighted by Gasteiger charge is -2.20. The van der Waals surface area contributed by atoms with Gasteiger partial charge in [-0.05, 0) is 42.1 Å². The first kappa shape index (κ1) is 19.1. The van der Waals surface area contributed by atoms with Crippen LogP contribution in [-0.4, -0.2) is 50.3 Å². The minimum Gasteiger partial charge on any atom is -0.497 e. The van der Waals surface area contributed by atoms with Crippen LogP contribution >= 0.6 is 11.3 Å². The van der Waals surface area contributed by atoms with Crippen LogP contribution in [0.3, 0.4) is 0 Å². The molecule has 0 amide bonds. The van der Waals surface area contributed by atoms with Gasteiger partial charge in [0.2, 0.25) is 10.0 Å². The van der Waals surface area contributed by atoms with E-state index < -0.39 is 22.5 Å². The van der Waals surface area contributed by atoms with Crippen LogP contribution in [0.25, 0.3) is 0 Å². The first-order chi connectivity index (χ1) is 11.9. The van der Waals surface area contributed by atoms with Crippen LogP contribution in [0.2, 0.25) is 0 Å². The highest BCUT2D eigenvalue weighted by atomic mass is 32.2. The number of carboxylic acid groups (broad SMARTS) is 1. The standard InChI is InChI=1S/C16H17NO6S2/c1-23-13-2-4-14(5-3-13)25(21,22)17(10-16(19)20)8-6-15-12(11-18)7-9-24-15/h2-5,7,9,11H,6,8,10H2,1H3,(H,19,20). The summed E-state index contributed by atoms with van der Waals surface area (Å²) in [6, 6.07) is 7.37. The molecule has 0 aliphatic heterocycles. The molecule has 0 unspecified atom stereocenters. The fraction of sp³-hybridized carbons (Fsp3) is 0.250. The Balaban J connectivity index is 2.25. The van der Waals surface area contributed by atoms with Crippen molar-refractivity contribution >= 4 is 33.6 Å². The number of aldehydes is 1. The molecular formula is C16H17NO6S2. The van der Waals surface area contributed by atoms with E-state index in [1.165, 1.54) is 42.7 Å². The fourth-order valence-electron chi connectivity index (χ4n) is 2.22. The highest BCUT2D eigenvalue weighted by Crippen LogP contribution is 2.21. The molecule has 7 nitrogen and oxygen atoms in total. The highest BCUT2D eigenvalue weighted by Gasteiger charge is 2.26. The van der Waals surface area contributed by atoms with Crippen LogP contribution in [0, 0.1) is 0 Å². The summed E-state index contributed by atoms with van der Waals surface area (Å²) < 4.78 is 31.4. The molecule has 0 bridgehead atoms. The third-order valence-electron chi connectivity index (χ3n) is 3.50. The zero-order valence-electron chi connectivity index (χ0n) is 13.4. The molecule has 9 heteroatoms. The van der Waals surface area contributed by atoms with Gasteiger partial charge in [0.15, 0.2) is 6.29 Å². The van der Waals surface area contributed by atoms with E-state index in [1.807, 2.05) is 0 Å². The van der Waals surface area contributed by atoms with Gasteiger partial charge in [0, 0.05) is 17.0 Å². The zero-order chi connectivity index (χ0) is 18.4. The van der Waals surface area contributed by atoms with Crippen molar-refractivity contribution in [3.05, 3.63) is 46.2 Å². The molecule has 134 valence electrons. The third-order valence-corrected chi connectivity index (χ3v) is 6.36. The Labute approximate surface area is 149 Å². The number of rotatable bonds is 9. The van der Waals surface area contributed by atoms with E-state index in [1.54, 1.807) is 11.4 Å². The van der Waals surface area contributed by atoms with E-state index in [4.69, 9.17) is 9.84 Å². The summed E-state index contributed by atoms with van der Waals surface area (Å²) in [5, 5.41) is 10.8. The molecular weight excluding hydrogens is 366 g/mol. The molecule has 0 saturated heterocycles. The highest BCUT2D eigenvalue weighted by molar-refractivity contribution is 7.89. The van der Waals surface area contributed by atoms with Crippen LogP contribution in [-0.2, 0) is 21.2 Å². The minimum atomic E-state index is -3.98. The molecule has 0 aliphatic carbocycles. The molecule has 1 heterocycles. The SMILES string of the molecule is COc1ccc(S(=O)(=O)N(CCc2sccc2C=O)CC(=O)O)cc1. The Morgan fingerprint density at radius 3 is 2.52 bits per heavy atom. The molecule has 1 N–H and O–H groups in total. The summed E-state index contributed by atoms with van der Waals surface area (Å²) in [6.07, 6.45) is 0.958. The molecule has 2 aromatic rings. The van der Waals surface area contributed by atoms with Crippen molar-refractivity contribution in [3.8, 4) is 5.75 Å². The second-order valence-electron chi connectivity index (χ2n) is 5.07. The van der Waals surface area contributed by atoms with Gasteiger partial charge in [-0.25, -0.2) is 8.42 Å². The predicted octanol–water partition coefficient (Wildman–Crippen LogP) is 1.89. The van der Waals surface area contributed by atoms with E-state index in [0.29, 0.717) is 17.6 Å². The number of aliphatic carboxylic acids is 1. The maximum Gasteiger partial charge on any atom is 0.318 e. The molecule has 1 aromatic heterocycles. The smallest absolute Gasteiger partial charge is 0.318 e. The van der Waals surface area contributed by atoms with E-state index in [0.717, 1.165) is 9.18 Å². The van der Waals surface area contributed by atoms with Gasteiger partial charge < -0.3 is 9.84 Å². The average molecular weight is 383 g/mol. The number of hydrogen-bond acceptors (Lipinski definition) is 6. The molecule has 0 fully saturated rings. The van der Waals surface area contributed by atoms with Gasteiger partial charge >= 0.3 is 5.97 Å². The Morgan fingerprint density at radius 2 is 1.96 bits per heavy atom. The van der Waals surface area contributed by atoms with Crippen molar-refractivity contribution < 1.29 is 27.9 Å². The molecule has 2 rings (SSSR count). The van der Waals surface area contributed by atoms with Crippen LogP contribution in [0.4, 0.5) is 0 Å². The first-order valence-electron chi connectivity index (χ1n) is 7.26. The summed E-state index contributed by atoms with van der Waals surface area (Å²) in [5.74, 6) is -0.753. The second-order valence-corrected chi connectivity index (χ2v) is 8.01. The molecule has 0 saturated carbocycles. The molecule has 0 radical (unpaired) electrons. The van der Waals surface area contributed by atoms with E-state index in [2.05, 4.69) is 0 Å². The molecule has 25 heavy (non-hydrogen) atoms. The quantitative estimate of drug-likeness (QED) is 0.664. The number of carboxylic acids is 1. The van der Waals surface area contributed by atoms with Crippen LogP contribution < -0.4 is 4.74 Å².